The molecule has 1 aromatic carbocycles. The van der Waals surface area contributed by atoms with E-state index in [9.17, 15) is 0 Å². The van der Waals surface area contributed by atoms with E-state index in [0.717, 1.165) is 5.69 Å². The summed E-state index contributed by atoms with van der Waals surface area (Å²) < 4.78 is 11.1. The minimum Gasteiger partial charge on any atom is -0.508 e. The summed E-state index contributed by atoms with van der Waals surface area (Å²) in [5.41, 5.74) is 0.953. The van der Waals surface area contributed by atoms with Gasteiger partial charge < -0.3 is 19.9 Å². The van der Waals surface area contributed by atoms with Crippen molar-refractivity contribution in [3.8, 4) is 5.75 Å². The van der Waals surface area contributed by atoms with Crippen molar-refractivity contribution in [3.63, 3.8) is 0 Å². The van der Waals surface area contributed by atoms with Gasteiger partial charge in [-0.25, -0.2) is 0 Å². The normalized spacial score (nSPS) is 20.6. The molecule has 4 nitrogen and oxygen atoms in total. The summed E-state index contributed by atoms with van der Waals surface area (Å²) in [5, 5.41) is 12.4. The molecule has 0 unspecified atom stereocenters. The monoisotopic (exact) mass is 223 g/mol. The Bertz CT molecular complexity index is 338. The van der Waals surface area contributed by atoms with Crippen LogP contribution in [0.2, 0.25) is 0 Å². The van der Waals surface area contributed by atoms with Gasteiger partial charge >= 0.3 is 0 Å². The molecular weight excluding hydrogens is 206 g/mol. The smallest absolute Gasteiger partial charge is 0.162 e. The minimum atomic E-state index is -0.479. The number of aromatic hydroxyl groups is 1. The van der Waals surface area contributed by atoms with E-state index in [1.807, 2.05) is 26.0 Å². The molecule has 0 aromatic heterocycles. The van der Waals surface area contributed by atoms with Crippen molar-refractivity contribution < 1.29 is 14.6 Å². The molecule has 0 aliphatic carbocycles. The molecule has 1 fully saturated rings. The van der Waals surface area contributed by atoms with Crippen molar-refractivity contribution in [2.24, 2.45) is 0 Å². The number of phenolic OH excluding ortho intramolecular Hbond substituents is 1. The average molecular weight is 223 g/mol. The third-order valence-electron chi connectivity index (χ3n) is 2.50. The second-order valence-electron chi connectivity index (χ2n) is 4.41. The molecule has 0 radical (unpaired) electrons. The second-order valence-corrected chi connectivity index (χ2v) is 4.41. The summed E-state index contributed by atoms with van der Waals surface area (Å²) >= 11 is 0. The van der Waals surface area contributed by atoms with Crippen molar-refractivity contribution in [2.45, 2.75) is 25.7 Å². The number of ether oxygens (including phenoxy) is 2. The summed E-state index contributed by atoms with van der Waals surface area (Å²) in [5.74, 6) is -0.213. The van der Waals surface area contributed by atoms with Gasteiger partial charge in [-0.3, -0.25) is 0 Å². The third-order valence-corrected chi connectivity index (χ3v) is 2.50. The van der Waals surface area contributed by atoms with Gasteiger partial charge in [0.25, 0.3) is 0 Å². The van der Waals surface area contributed by atoms with E-state index in [0.29, 0.717) is 13.2 Å². The van der Waals surface area contributed by atoms with Gasteiger partial charge in [0.2, 0.25) is 0 Å². The fourth-order valence-electron chi connectivity index (χ4n) is 1.57. The highest BCUT2D eigenvalue weighted by Crippen LogP contribution is 2.20. The quantitative estimate of drug-likeness (QED) is 0.752. The predicted octanol–water partition coefficient (Wildman–Crippen LogP) is 1.96. The van der Waals surface area contributed by atoms with E-state index >= 15 is 0 Å². The fraction of sp³-hybridized carbons (Fsp3) is 0.500. The van der Waals surface area contributed by atoms with Crippen LogP contribution in [0.25, 0.3) is 0 Å². The number of anilines is 1. The Morgan fingerprint density at radius 3 is 2.31 bits per heavy atom. The van der Waals surface area contributed by atoms with Crippen LogP contribution >= 0.6 is 0 Å². The van der Waals surface area contributed by atoms with E-state index in [1.54, 1.807) is 12.1 Å². The van der Waals surface area contributed by atoms with Gasteiger partial charge in [-0.15, -0.1) is 0 Å². The highest BCUT2D eigenvalue weighted by Gasteiger charge is 2.27. The minimum absolute atomic E-state index is 0.151. The molecule has 2 rings (SSSR count). The molecule has 1 aromatic rings. The summed E-state index contributed by atoms with van der Waals surface area (Å²) in [7, 11) is 0. The Labute approximate surface area is 95.2 Å². The van der Waals surface area contributed by atoms with E-state index in [-0.39, 0.29) is 11.8 Å². The maximum absolute atomic E-state index is 9.15. The SMILES string of the molecule is CC1(C)OCC(Nc2ccc(O)cc2)CO1. The summed E-state index contributed by atoms with van der Waals surface area (Å²) in [6.45, 7) is 5.05. The number of hydrogen-bond donors (Lipinski definition) is 2. The first-order valence-electron chi connectivity index (χ1n) is 5.39. The number of phenols is 1. The highest BCUT2D eigenvalue weighted by atomic mass is 16.7. The molecular formula is C12H17NO3. The van der Waals surface area contributed by atoms with E-state index in [1.165, 1.54) is 0 Å². The molecule has 0 saturated carbocycles. The first-order chi connectivity index (χ1) is 7.55. The van der Waals surface area contributed by atoms with Crippen LogP contribution in [0, 0.1) is 0 Å². The third kappa shape index (κ3) is 2.87. The van der Waals surface area contributed by atoms with Crippen molar-refractivity contribution in [3.05, 3.63) is 24.3 Å². The van der Waals surface area contributed by atoms with Gasteiger partial charge in [0.15, 0.2) is 5.79 Å². The maximum atomic E-state index is 9.15. The molecule has 1 saturated heterocycles. The molecule has 0 amide bonds. The standard InChI is InChI=1S/C12H17NO3/c1-12(2)15-7-10(8-16-12)13-9-3-5-11(14)6-4-9/h3-6,10,13-14H,7-8H2,1-2H3. The van der Waals surface area contributed by atoms with Crippen LogP contribution in [-0.4, -0.2) is 30.1 Å². The van der Waals surface area contributed by atoms with Crippen LogP contribution in [0.15, 0.2) is 24.3 Å². The maximum Gasteiger partial charge on any atom is 0.162 e. The Morgan fingerprint density at radius 1 is 1.19 bits per heavy atom. The van der Waals surface area contributed by atoms with Gasteiger partial charge in [0.05, 0.1) is 19.3 Å². The van der Waals surface area contributed by atoms with Crippen LogP contribution in [0.1, 0.15) is 13.8 Å². The van der Waals surface area contributed by atoms with Gasteiger partial charge in [-0.05, 0) is 38.1 Å². The molecule has 0 atom stereocenters. The zero-order valence-corrected chi connectivity index (χ0v) is 9.56. The molecule has 1 heterocycles. The van der Waals surface area contributed by atoms with E-state index < -0.39 is 5.79 Å². The van der Waals surface area contributed by atoms with Gasteiger partial charge in [-0.2, -0.15) is 0 Å². The fourth-order valence-corrected chi connectivity index (χ4v) is 1.57. The van der Waals surface area contributed by atoms with Crippen molar-refractivity contribution in [2.75, 3.05) is 18.5 Å². The number of rotatable bonds is 2. The zero-order valence-electron chi connectivity index (χ0n) is 9.56. The Kier molecular flexibility index (Phi) is 3.03. The van der Waals surface area contributed by atoms with Crippen molar-refractivity contribution in [1.29, 1.82) is 0 Å². The van der Waals surface area contributed by atoms with Crippen molar-refractivity contribution in [1.82, 2.24) is 0 Å². The lowest BCUT2D eigenvalue weighted by Gasteiger charge is -2.35. The summed E-state index contributed by atoms with van der Waals surface area (Å²) in [6.07, 6.45) is 0. The Morgan fingerprint density at radius 2 is 1.75 bits per heavy atom. The summed E-state index contributed by atoms with van der Waals surface area (Å²) in [4.78, 5) is 0. The van der Waals surface area contributed by atoms with Crippen LogP contribution < -0.4 is 5.32 Å². The number of nitrogens with one attached hydrogen (secondary N) is 1. The lowest BCUT2D eigenvalue weighted by Crippen LogP contribution is -2.45. The van der Waals surface area contributed by atoms with Crippen LogP contribution in [0.4, 0.5) is 5.69 Å². The van der Waals surface area contributed by atoms with Crippen molar-refractivity contribution >= 4 is 5.69 Å². The summed E-state index contributed by atoms with van der Waals surface area (Å²) in [6, 6.07) is 7.11. The lowest BCUT2D eigenvalue weighted by atomic mass is 10.2. The molecule has 88 valence electrons. The van der Waals surface area contributed by atoms with E-state index in [2.05, 4.69) is 5.32 Å². The Hall–Kier alpha value is -1.26. The van der Waals surface area contributed by atoms with Gasteiger partial charge in [0, 0.05) is 5.69 Å². The molecule has 0 bridgehead atoms. The number of hydrogen-bond acceptors (Lipinski definition) is 4. The number of benzene rings is 1. The second kappa shape index (κ2) is 4.31. The molecule has 0 spiro atoms. The van der Waals surface area contributed by atoms with Crippen LogP contribution in [0.5, 0.6) is 5.75 Å². The largest absolute Gasteiger partial charge is 0.508 e. The van der Waals surface area contributed by atoms with Gasteiger partial charge in [0.1, 0.15) is 5.75 Å². The molecule has 4 heteroatoms. The zero-order chi connectivity index (χ0) is 11.6. The first-order valence-corrected chi connectivity index (χ1v) is 5.39. The Balaban J connectivity index is 1.89. The molecule has 2 N–H and O–H groups in total. The predicted molar refractivity (Wildman–Crippen MR) is 61.5 cm³/mol. The van der Waals surface area contributed by atoms with Crippen LogP contribution in [-0.2, 0) is 9.47 Å². The first kappa shape index (κ1) is 11.2. The van der Waals surface area contributed by atoms with Crippen LogP contribution in [0.3, 0.4) is 0 Å². The molecule has 16 heavy (non-hydrogen) atoms. The topological polar surface area (TPSA) is 50.7 Å². The van der Waals surface area contributed by atoms with Gasteiger partial charge in [-0.1, -0.05) is 0 Å². The molecule has 1 aliphatic heterocycles. The average Bonchev–Trinajstić information content (AvgIpc) is 2.24. The molecule has 1 aliphatic rings. The highest BCUT2D eigenvalue weighted by molar-refractivity contribution is 5.46. The lowest BCUT2D eigenvalue weighted by molar-refractivity contribution is -0.247. The van der Waals surface area contributed by atoms with E-state index in [4.69, 9.17) is 14.6 Å².